The molecule has 0 bridgehead atoms. The first-order valence-corrected chi connectivity index (χ1v) is 8.48. The van der Waals surface area contributed by atoms with E-state index in [1.54, 1.807) is 25.4 Å². The van der Waals surface area contributed by atoms with Crippen LogP contribution < -0.4 is 15.4 Å². The summed E-state index contributed by atoms with van der Waals surface area (Å²) in [5.41, 5.74) is 0.658. The molecule has 2 heterocycles. The summed E-state index contributed by atoms with van der Waals surface area (Å²) in [7, 11) is 1.56. The van der Waals surface area contributed by atoms with Gasteiger partial charge in [-0.15, -0.1) is 0 Å². The summed E-state index contributed by atoms with van der Waals surface area (Å²) in [5, 5.41) is 5.64. The molecule has 2 rings (SSSR count). The predicted octanol–water partition coefficient (Wildman–Crippen LogP) is 2.87. The molecule has 1 aliphatic rings. The van der Waals surface area contributed by atoms with Crippen LogP contribution in [-0.2, 0) is 0 Å². The van der Waals surface area contributed by atoms with Gasteiger partial charge < -0.3 is 20.3 Å². The number of carbonyl (C=O) groups excluding carboxylic acids is 1. The van der Waals surface area contributed by atoms with E-state index < -0.39 is 0 Å². The van der Waals surface area contributed by atoms with Gasteiger partial charge in [-0.3, -0.25) is 0 Å². The number of ether oxygens (including phenoxy) is 1. The Bertz CT molecular complexity index is 478. The molecule has 23 heavy (non-hydrogen) atoms. The summed E-state index contributed by atoms with van der Waals surface area (Å²) >= 11 is 0. The van der Waals surface area contributed by atoms with E-state index in [1.807, 2.05) is 0 Å². The number of piperidine rings is 1. The van der Waals surface area contributed by atoms with Crippen LogP contribution in [0.15, 0.2) is 18.3 Å². The van der Waals surface area contributed by atoms with E-state index >= 15 is 0 Å². The number of hydrogen-bond donors (Lipinski definition) is 2. The van der Waals surface area contributed by atoms with Crippen LogP contribution in [0.1, 0.15) is 39.0 Å². The molecule has 0 aromatic carbocycles. The van der Waals surface area contributed by atoms with Gasteiger partial charge in [0.2, 0.25) is 5.88 Å². The Labute approximate surface area is 138 Å². The lowest BCUT2D eigenvalue weighted by atomic mass is 10.0. The van der Waals surface area contributed by atoms with Crippen molar-refractivity contribution >= 4 is 11.7 Å². The average Bonchev–Trinajstić information content (AvgIpc) is 2.57. The number of unbranched alkanes of at least 4 members (excludes halogenated alkanes) is 1. The van der Waals surface area contributed by atoms with E-state index in [1.165, 1.54) is 25.8 Å². The van der Waals surface area contributed by atoms with E-state index in [0.717, 1.165) is 19.4 Å². The Kier molecular flexibility index (Phi) is 7.13. The maximum absolute atomic E-state index is 11.8. The third kappa shape index (κ3) is 6.06. The molecule has 1 aromatic rings. The van der Waals surface area contributed by atoms with Crippen molar-refractivity contribution in [2.24, 2.45) is 0 Å². The number of rotatable bonds is 7. The van der Waals surface area contributed by atoms with Gasteiger partial charge in [0.15, 0.2) is 0 Å². The Balaban J connectivity index is 1.57. The summed E-state index contributed by atoms with van der Waals surface area (Å²) in [6, 6.07) is 4.00. The van der Waals surface area contributed by atoms with Crippen LogP contribution in [0, 0.1) is 0 Å². The Morgan fingerprint density at radius 1 is 1.39 bits per heavy atom. The van der Waals surface area contributed by atoms with E-state index in [9.17, 15) is 4.79 Å². The summed E-state index contributed by atoms with van der Waals surface area (Å²) in [5.74, 6) is 0.530. The minimum absolute atomic E-state index is 0.191. The summed E-state index contributed by atoms with van der Waals surface area (Å²) in [4.78, 5) is 18.4. The SMILES string of the molecule is COc1ccc(NC(=O)NCCCCN2CCCC[C@H]2C)cn1. The molecule has 0 saturated carbocycles. The fourth-order valence-electron chi connectivity index (χ4n) is 2.88. The van der Waals surface area contributed by atoms with Crippen LogP contribution in [0.4, 0.5) is 10.5 Å². The van der Waals surface area contributed by atoms with E-state index in [0.29, 0.717) is 24.2 Å². The molecule has 1 aliphatic heterocycles. The Morgan fingerprint density at radius 2 is 2.26 bits per heavy atom. The van der Waals surface area contributed by atoms with Crippen LogP contribution in [0.25, 0.3) is 0 Å². The van der Waals surface area contributed by atoms with Crippen molar-refractivity contribution in [1.82, 2.24) is 15.2 Å². The molecule has 1 saturated heterocycles. The van der Waals surface area contributed by atoms with Gasteiger partial charge in [0, 0.05) is 18.7 Å². The lowest BCUT2D eigenvalue weighted by Crippen LogP contribution is -2.38. The maximum Gasteiger partial charge on any atom is 0.319 e. The molecule has 0 unspecified atom stereocenters. The molecule has 0 radical (unpaired) electrons. The Morgan fingerprint density at radius 3 is 2.96 bits per heavy atom. The van der Waals surface area contributed by atoms with Crippen LogP contribution >= 0.6 is 0 Å². The monoisotopic (exact) mass is 320 g/mol. The molecule has 1 aromatic heterocycles. The second-order valence-electron chi connectivity index (χ2n) is 6.06. The van der Waals surface area contributed by atoms with Crippen molar-refractivity contribution in [2.45, 2.75) is 45.1 Å². The highest BCUT2D eigenvalue weighted by molar-refractivity contribution is 5.88. The van der Waals surface area contributed by atoms with Gasteiger partial charge in [0.05, 0.1) is 19.0 Å². The number of pyridine rings is 1. The van der Waals surface area contributed by atoms with Crippen molar-refractivity contribution in [1.29, 1.82) is 0 Å². The van der Waals surface area contributed by atoms with Crippen molar-refractivity contribution in [2.75, 3.05) is 32.1 Å². The highest BCUT2D eigenvalue weighted by Crippen LogP contribution is 2.16. The number of amides is 2. The van der Waals surface area contributed by atoms with Crippen molar-refractivity contribution in [3.05, 3.63) is 18.3 Å². The molecular formula is C17H28N4O2. The number of anilines is 1. The number of nitrogens with one attached hydrogen (secondary N) is 2. The largest absolute Gasteiger partial charge is 0.481 e. The molecule has 2 amide bonds. The zero-order valence-corrected chi connectivity index (χ0v) is 14.2. The fraction of sp³-hybridized carbons (Fsp3) is 0.647. The second kappa shape index (κ2) is 9.35. The lowest BCUT2D eigenvalue weighted by Gasteiger charge is -2.33. The van der Waals surface area contributed by atoms with E-state index in [2.05, 4.69) is 27.4 Å². The first kappa shape index (κ1) is 17.5. The molecule has 6 nitrogen and oxygen atoms in total. The van der Waals surface area contributed by atoms with E-state index in [-0.39, 0.29) is 6.03 Å². The molecule has 0 spiro atoms. The first-order valence-electron chi connectivity index (χ1n) is 8.48. The average molecular weight is 320 g/mol. The third-order valence-electron chi connectivity index (χ3n) is 4.30. The van der Waals surface area contributed by atoms with E-state index in [4.69, 9.17) is 4.74 Å². The smallest absolute Gasteiger partial charge is 0.319 e. The normalized spacial score (nSPS) is 18.4. The van der Waals surface area contributed by atoms with Gasteiger partial charge >= 0.3 is 6.03 Å². The number of aromatic nitrogens is 1. The van der Waals surface area contributed by atoms with Crippen LogP contribution in [-0.4, -0.2) is 48.7 Å². The van der Waals surface area contributed by atoms with Gasteiger partial charge in [-0.1, -0.05) is 6.42 Å². The molecular weight excluding hydrogens is 292 g/mol. The molecule has 1 atom stereocenters. The zero-order valence-electron chi connectivity index (χ0n) is 14.2. The number of carbonyl (C=O) groups is 1. The van der Waals surface area contributed by atoms with Gasteiger partial charge in [-0.05, 0) is 51.8 Å². The lowest BCUT2D eigenvalue weighted by molar-refractivity contribution is 0.158. The topological polar surface area (TPSA) is 66.5 Å². The van der Waals surface area contributed by atoms with Gasteiger partial charge in [0.1, 0.15) is 0 Å². The van der Waals surface area contributed by atoms with Crippen LogP contribution in [0.5, 0.6) is 5.88 Å². The fourth-order valence-corrected chi connectivity index (χ4v) is 2.88. The Hall–Kier alpha value is -1.82. The van der Waals surface area contributed by atoms with Crippen LogP contribution in [0.2, 0.25) is 0 Å². The molecule has 128 valence electrons. The standard InChI is InChI=1S/C17H28N4O2/c1-14-7-3-5-11-21(14)12-6-4-10-18-17(22)20-15-8-9-16(23-2)19-13-15/h8-9,13-14H,3-7,10-12H2,1-2H3,(H2,18,20,22)/t14-/m1/s1. The quantitative estimate of drug-likeness (QED) is 0.758. The zero-order chi connectivity index (χ0) is 16.5. The molecule has 6 heteroatoms. The first-order chi connectivity index (χ1) is 11.2. The minimum atomic E-state index is -0.191. The third-order valence-corrected chi connectivity index (χ3v) is 4.30. The molecule has 2 N–H and O–H groups in total. The number of likely N-dealkylation sites (tertiary alicyclic amines) is 1. The second-order valence-corrected chi connectivity index (χ2v) is 6.06. The highest BCUT2D eigenvalue weighted by atomic mass is 16.5. The number of hydrogen-bond acceptors (Lipinski definition) is 4. The van der Waals surface area contributed by atoms with Crippen molar-refractivity contribution < 1.29 is 9.53 Å². The number of urea groups is 1. The highest BCUT2D eigenvalue weighted by Gasteiger charge is 2.16. The summed E-state index contributed by atoms with van der Waals surface area (Å²) < 4.78 is 4.98. The molecule has 1 fully saturated rings. The van der Waals surface area contributed by atoms with Crippen LogP contribution in [0.3, 0.4) is 0 Å². The summed E-state index contributed by atoms with van der Waals surface area (Å²) in [6.45, 7) is 5.36. The van der Waals surface area contributed by atoms with Gasteiger partial charge in [-0.2, -0.15) is 0 Å². The van der Waals surface area contributed by atoms with Crippen molar-refractivity contribution in [3.63, 3.8) is 0 Å². The predicted molar refractivity (Wildman–Crippen MR) is 91.9 cm³/mol. The van der Waals surface area contributed by atoms with Gasteiger partial charge in [-0.25, -0.2) is 9.78 Å². The number of methoxy groups -OCH3 is 1. The molecule has 0 aliphatic carbocycles. The summed E-state index contributed by atoms with van der Waals surface area (Å²) in [6.07, 6.45) is 7.69. The van der Waals surface area contributed by atoms with Gasteiger partial charge in [0.25, 0.3) is 0 Å². The van der Waals surface area contributed by atoms with Crippen molar-refractivity contribution in [3.8, 4) is 5.88 Å². The maximum atomic E-state index is 11.8. The number of nitrogens with zero attached hydrogens (tertiary/aromatic N) is 2. The minimum Gasteiger partial charge on any atom is -0.481 e.